The van der Waals surface area contributed by atoms with Crippen LogP contribution in [0.15, 0.2) is 77.0 Å². The highest BCUT2D eigenvalue weighted by molar-refractivity contribution is 6.31. The molecule has 0 atom stereocenters. The number of aryl methyl sites for hydroxylation is 2. The van der Waals surface area contributed by atoms with Crippen LogP contribution in [0.3, 0.4) is 0 Å². The van der Waals surface area contributed by atoms with Gasteiger partial charge in [0.1, 0.15) is 17.1 Å². The third kappa shape index (κ3) is 4.91. The number of imide groups is 2. The number of fused-ring (bicyclic) bond motifs is 1. The zero-order valence-electron chi connectivity index (χ0n) is 20.7. The smallest absolute Gasteiger partial charge is 0.331 e. The van der Waals surface area contributed by atoms with Gasteiger partial charge in [0, 0.05) is 29.2 Å². The molecular weight excluding hydrogens is 470 g/mol. The molecule has 0 unspecified atom stereocenters. The van der Waals surface area contributed by atoms with Crippen LogP contribution in [0.1, 0.15) is 28.9 Å². The zero-order valence-corrected chi connectivity index (χ0v) is 20.7. The van der Waals surface area contributed by atoms with Gasteiger partial charge in [0.25, 0.3) is 11.8 Å². The molecule has 4 aromatic rings. The van der Waals surface area contributed by atoms with Crippen molar-refractivity contribution in [3.05, 3.63) is 95.1 Å². The number of nitrogens with zero attached hydrogens (tertiary/aromatic N) is 2. The Balaban J connectivity index is 1.36. The molecular formula is C29H27N3O5. The molecule has 0 aliphatic carbocycles. The van der Waals surface area contributed by atoms with Crippen LogP contribution in [-0.4, -0.2) is 33.9 Å². The maximum atomic E-state index is 13.1. The number of barbiturate groups is 1. The first-order valence-electron chi connectivity index (χ1n) is 12.1. The number of carbonyl (C=O) groups excluding carboxylic acids is 3. The zero-order chi connectivity index (χ0) is 25.9. The van der Waals surface area contributed by atoms with Gasteiger partial charge in [-0.25, -0.2) is 4.79 Å². The molecule has 1 aliphatic heterocycles. The van der Waals surface area contributed by atoms with Crippen molar-refractivity contribution in [3.63, 3.8) is 0 Å². The fourth-order valence-corrected chi connectivity index (χ4v) is 4.42. The minimum Gasteiger partial charge on any atom is -0.493 e. The van der Waals surface area contributed by atoms with Gasteiger partial charge >= 0.3 is 6.03 Å². The largest absolute Gasteiger partial charge is 0.493 e. The van der Waals surface area contributed by atoms with Gasteiger partial charge in [-0.15, -0.1) is 0 Å². The van der Waals surface area contributed by atoms with E-state index in [4.69, 9.17) is 9.15 Å². The molecule has 0 saturated carbocycles. The lowest BCUT2D eigenvalue weighted by atomic mass is 10.1. The predicted molar refractivity (Wildman–Crippen MR) is 139 cm³/mol. The van der Waals surface area contributed by atoms with Crippen LogP contribution in [0.2, 0.25) is 0 Å². The third-order valence-corrected chi connectivity index (χ3v) is 6.55. The number of rotatable bonds is 8. The van der Waals surface area contributed by atoms with Crippen molar-refractivity contribution in [2.45, 2.75) is 33.4 Å². The molecule has 1 aliphatic rings. The monoisotopic (exact) mass is 497 g/mol. The van der Waals surface area contributed by atoms with E-state index in [0.29, 0.717) is 18.9 Å². The Morgan fingerprint density at radius 1 is 1.00 bits per heavy atom. The molecule has 8 nitrogen and oxygen atoms in total. The van der Waals surface area contributed by atoms with Crippen molar-refractivity contribution in [2.24, 2.45) is 0 Å². The second kappa shape index (κ2) is 10.2. The Bertz CT molecular complexity index is 1510. The fourth-order valence-electron chi connectivity index (χ4n) is 4.42. The van der Waals surface area contributed by atoms with Crippen LogP contribution in [0, 0.1) is 13.8 Å². The summed E-state index contributed by atoms with van der Waals surface area (Å²) < 4.78 is 13.4. The Morgan fingerprint density at radius 3 is 2.65 bits per heavy atom. The number of ether oxygens (including phenoxy) is 1. The van der Waals surface area contributed by atoms with Crippen LogP contribution in [0.4, 0.5) is 4.79 Å². The third-order valence-electron chi connectivity index (χ3n) is 6.55. The van der Waals surface area contributed by atoms with E-state index in [0.717, 1.165) is 39.1 Å². The van der Waals surface area contributed by atoms with Crippen LogP contribution in [0.25, 0.3) is 17.0 Å². The molecule has 1 fully saturated rings. The number of hydrogen-bond donors (Lipinski definition) is 1. The maximum absolute atomic E-state index is 13.1. The number of carbonyl (C=O) groups is 3. The first kappa shape index (κ1) is 24.1. The second-order valence-electron chi connectivity index (χ2n) is 8.98. The van der Waals surface area contributed by atoms with Crippen LogP contribution < -0.4 is 10.1 Å². The number of para-hydroxylation sites is 1. The fraction of sp³-hybridized carbons (Fsp3) is 0.207. The summed E-state index contributed by atoms with van der Waals surface area (Å²) in [5, 5.41) is 3.16. The highest BCUT2D eigenvalue weighted by Gasteiger charge is 2.36. The summed E-state index contributed by atoms with van der Waals surface area (Å²) in [6.07, 6.45) is 5.70. The molecule has 4 amide bonds. The number of hydrogen-bond acceptors (Lipinski definition) is 5. The normalized spacial score (nSPS) is 15.0. The lowest BCUT2D eigenvalue weighted by molar-refractivity contribution is -0.130. The Kier molecular flexibility index (Phi) is 6.64. The van der Waals surface area contributed by atoms with Crippen molar-refractivity contribution in [2.75, 3.05) is 6.61 Å². The number of amides is 4. The molecule has 8 heteroatoms. The van der Waals surface area contributed by atoms with Crippen LogP contribution >= 0.6 is 0 Å². The molecule has 0 bridgehead atoms. The summed E-state index contributed by atoms with van der Waals surface area (Å²) in [5.74, 6) is -0.0523. The lowest BCUT2D eigenvalue weighted by Gasteiger charge is -2.25. The Morgan fingerprint density at radius 2 is 1.84 bits per heavy atom. The van der Waals surface area contributed by atoms with Gasteiger partial charge in [-0.3, -0.25) is 19.8 Å². The van der Waals surface area contributed by atoms with E-state index in [-0.39, 0.29) is 12.1 Å². The number of furan rings is 1. The van der Waals surface area contributed by atoms with Gasteiger partial charge in [0.2, 0.25) is 0 Å². The molecule has 188 valence electrons. The van der Waals surface area contributed by atoms with E-state index >= 15 is 0 Å². The predicted octanol–water partition coefficient (Wildman–Crippen LogP) is 4.98. The van der Waals surface area contributed by atoms with Crippen molar-refractivity contribution in [3.8, 4) is 5.75 Å². The van der Waals surface area contributed by atoms with Crippen molar-refractivity contribution < 1.29 is 23.5 Å². The van der Waals surface area contributed by atoms with Crippen LogP contribution in [0.5, 0.6) is 5.75 Å². The van der Waals surface area contributed by atoms with E-state index < -0.39 is 17.8 Å². The van der Waals surface area contributed by atoms with Gasteiger partial charge in [-0.1, -0.05) is 30.3 Å². The first-order chi connectivity index (χ1) is 17.9. The van der Waals surface area contributed by atoms with Crippen molar-refractivity contribution in [1.29, 1.82) is 0 Å². The molecule has 2 aromatic carbocycles. The number of nitrogens with one attached hydrogen (secondary N) is 1. The van der Waals surface area contributed by atoms with Gasteiger partial charge in [-0.2, -0.15) is 0 Å². The average molecular weight is 498 g/mol. The van der Waals surface area contributed by atoms with E-state index in [1.54, 1.807) is 18.2 Å². The van der Waals surface area contributed by atoms with Crippen molar-refractivity contribution >= 4 is 34.8 Å². The standard InChI is InChI=1S/C29H27N3O5/c1-19-8-5-12-26(20(19)2)37-15-7-13-31-17-21(23-10-3-4-11-25(23)31)16-24-27(33)30-29(35)32(28(24)34)18-22-9-6-14-36-22/h3-6,8-12,14,16-17H,7,13,15,18H2,1-2H3,(H,30,33,35)/b24-16-. The van der Waals surface area contributed by atoms with E-state index in [9.17, 15) is 14.4 Å². The average Bonchev–Trinajstić information content (AvgIpc) is 3.53. The minimum absolute atomic E-state index is 0.0650. The maximum Gasteiger partial charge on any atom is 0.331 e. The molecule has 0 radical (unpaired) electrons. The van der Waals surface area contributed by atoms with E-state index in [2.05, 4.69) is 29.8 Å². The first-order valence-corrected chi connectivity index (χ1v) is 12.1. The minimum atomic E-state index is -0.769. The molecule has 3 heterocycles. The van der Waals surface area contributed by atoms with Gasteiger partial charge in [0.05, 0.1) is 19.4 Å². The molecule has 1 saturated heterocycles. The number of benzene rings is 2. The highest BCUT2D eigenvalue weighted by atomic mass is 16.5. The highest BCUT2D eigenvalue weighted by Crippen LogP contribution is 2.26. The van der Waals surface area contributed by atoms with E-state index in [1.807, 2.05) is 42.6 Å². The summed E-state index contributed by atoms with van der Waals surface area (Å²) >= 11 is 0. The van der Waals surface area contributed by atoms with Gasteiger partial charge in [-0.05, 0) is 61.7 Å². The number of urea groups is 1. The summed E-state index contributed by atoms with van der Waals surface area (Å²) in [5.41, 5.74) is 3.92. The molecule has 1 N–H and O–H groups in total. The van der Waals surface area contributed by atoms with Crippen LogP contribution in [-0.2, 0) is 22.7 Å². The van der Waals surface area contributed by atoms with Gasteiger partial charge < -0.3 is 13.7 Å². The topological polar surface area (TPSA) is 93.8 Å². The summed E-state index contributed by atoms with van der Waals surface area (Å²) in [6.45, 7) is 5.30. The van der Waals surface area contributed by atoms with Gasteiger partial charge in [0.15, 0.2) is 0 Å². The molecule has 2 aromatic heterocycles. The lowest BCUT2D eigenvalue weighted by Crippen LogP contribution is -2.53. The molecule has 37 heavy (non-hydrogen) atoms. The quantitative estimate of drug-likeness (QED) is 0.210. The summed E-state index contributed by atoms with van der Waals surface area (Å²) in [7, 11) is 0. The SMILES string of the molecule is Cc1cccc(OCCCn2cc(/C=C3/C(=O)NC(=O)N(Cc4ccco4)C3=O)c3ccccc32)c1C. The van der Waals surface area contributed by atoms with Crippen molar-refractivity contribution in [1.82, 2.24) is 14.8 Å². The molecule has 0 spiro atoms. The summed E-state index contributed by atoms with van der Waals surface area (Å²) in [4.78, 5) is 39.0. The number of aromatic nitrogens is 1. The van der Waals surface area contributed by atoms with E-state index in [1.165, 1.54) is 11.8 Å². The second-order valence-corrected chi connectivity index (χ2v) is 8.98. The molecule has 5 rings (SSSR count). The Hall–Kier alpha value is -4.59. The summed E-state index contributed by atoms with van der Waals surface area (Å²) in [6, 6.07) is 16.4. The Labute approximate surface area is 214 Å².